The zero-order valence-corrected chi connectivity index (χ0v) is 8.28. The predicted molar refractivity (Wildman–Crippen MR) is 46.0 cm³/mol. The van der Waals surface area contributed by atoms with E-state index < -0.39 is 0 Å². The molecule has 1 rings (SSSR count). The second kappa shape index (κ2) is 2.77. The van der Waals surface area contributed by atoms with Crippen LogP contribution in [0, 0.1) is 20.8 Å². The third-order valence-electron chi connectivity index (χ3n) is 1.90. The maximum absolute atomic E-state index is 3.01. The summed E-state index contributed by atoms with van der Waals surface area (Å²) in [5, 5.41) is 0. The molecule has 0 saturated heterocycles. The molecule has 0 aliphatic rings. The molecule has 1 aromatic rings. The van der Waals surface area contributed by atoms with Gasteiger partial charge in [-0.3, -0.25) is 0 Å². The number of hydrogen-bond acceptors (Lipinski definition) is 0. The van der Waals surface area contributed by atoms with Gasteiger partial charge in [0.25, 0.3) is 0 Å². The van der Waals surface area contributed by atoms with Crippen molar-refractivity contribution in [1.82, 2.24) is 0 Å². The van der Waals surface area contributed by atoms with Gasteiger partial charge in [-0.15, -0.1) is 0 Å². The summed E-state index contributed by atoms with van der Waals surface area (Å²) in [6.45, 7) is 6.44. The first-order valence-electron chi connectivity index (χ1n) is 3.36. The van der Waals surface area contributed by atoms with Crippen molar-refractivity contribution >= 4 is 20.5 Å². The first kappa shape index (κ1) is 7.84. The Kier molecular flexibility index (Phi) is 2.17. The molecular weight excluding hydrogens is 187 g/mol. The van der Waals surface area contributed by atoms with Gasteiger partial charge in [-0.25, -0.2) is 0 Å². The third-order valence-corrected chi connectivity index (χ3v) is 2.40. The Morgan fingerprint density at radius 1 is 1.00 bits per heavy atom. The van der Waals surface area contributed by atoms with E-state index in [0.717, 1.165) is 0 Å². The van der Waals surface area contributed by atoms with Crippen molar-refractivity contribution in [2.45, 2.75) is 20.8 Å². The second-order valence-electron chi connectivity index (χ2n) is 2.68. The minimum absolute atomic E-state index is 1.24. The Morgan fingerprint density at radius 2 is 1.40 bits per heavy atom. The van der Waals surface area contributed by atoms with Crippen LogP contribution in [0.15, 0.2) is 12.1 Å². The third kappa shape index (κ3) is 1.42. The van der Waals surface area contributed by atoms with Gasteiger partial charge in [0.15, 0.2) is 0 Å². The zero-order chi connectivity index (χ0) is 7.72. The molecule has 0 spiro atoms. The van der Waals surface area contributed by atoms with Gasteiger partial charge >= 0.3 is 70.1 Å². The molecule has 0 aliphatic heterocycles. The van der Waals surface area contributed by atoms with E-state index in [0.29, 0.717) is 0 Å². The molecule has 0 aliphatic carbocycles. The van der Waals surface area contributed by atoms with Crippen LogP contribution in [0.25, 0.3) is 0 Å². The molecule has 10 heavy (non-hydrogen) atoms. The standard InChI is InChI=1S/C9H11Se/c1-6-4-9(10)5-7(2)8(6)3/h4-5H,1-3H3. The van der Waals surface area contributed by atoms with Crippen LogP contribution >= 0.6 is 0 Å². The second-order valence-corrected chi connectivity index (χ2v) is 3.67. The molecule has 0 heterocycles. The SMILES string of the molecule is Cc1cc([Se])cc(C)c1C. The van der Waals surface area contributed by atoms with Crippen molar-refractivity contribution in [3.8, 4) is 0 Å². The summed E-state index contributed by atoms with van der Waals surface area (Å²) in [5.41, 5.74) is 4.14. The summed E-state index contributed by atoms with van der Waals surface area (Å²) < 4.78 is 1.24. The first-order chi connectivity index (χ1) is 4.61. The average Bonchev–Trinajstić information content (AvgIpc) is 1.82. The van der Waals surface area contributed by atoms with Crippen LogP contribution in [-0.4, -0.2) is 16.0 Å². The van der Waals surface area contributed by atoms with Crippen LogP contribution in [0.2, 0.25) is 0 Å². The van der Waals surface area contributed by atoms with E-state index >= 15 is 0 Å². The van der Waals surface area contributed by atoms with Crippen molar-refractivity contribution in [2.24, 2.45) is 0 Å². The topological polar surface area (TPSA) is 0 Å². The number of aryl methyl sites for hydroxylation is 2. The van der Waals surface area contributed by atoms with Gasteiger partial charge in [0, 0.05) is 0 Å². The quantitative estimate of drug-likeness (QED) is 0.553. The molecule has 0 N–H and O–H groups in total. The fourth-order valence-corrected chi connectivity index (χ4v) is 1.74. The van der Waals surface area contributed by atoms with Gasteiger partial charge in [0.05, 0.1) is 0 Å². The molecule has 1 aromatic carbocycles. The van der Waals surface area contributed by atoms with Gasteiger partial charge in [0.1, 0.15) is 0 Å². The van der Waals surface area contributed by atoms with Gasteiger partial charge in [0.2, 0.25) is 0 Å². The normalized spacial score (nSPS) is 9.90. The molecule has 53 valence electrons. The van der Waals surface area contributed by atoms with Gasteiger partial charge < -0.3 is 0 Å². The average molecular weight is 198 g/mol. The Hall–Kier alpha value is -0.261. The van der Waals surface area contributed by atoms with E-state index in [1.54, 1.807) is 0 Å². The molecule has 0 unspecified atom stereocenters. The first-order valence-corrected chi connectivity index (χ1v) is 4.22. The molecule has 1 radical (unpaired) electrons. The Labute approximate surface area is 70.5 Å². The van der Waals surface area contributed by atoms with Crippen molar-refractivity contribution in [3.63, 3.8) is 0 Å². The van der Waals surface area contributed by atoms with Crippen LogP contribution in [0.5, 0.6) is 0 Å². The molecule has 0 nitrogen and oxygen atoms in total. The van der Waals surface area contributed by atoms with Crippen LogP contribution in [0.4, 0.5) is 0 Å². The van der Waals surface area contributed by atoms with E-state index in [-0.39, 0.29) is 0 Å². The molecule has 0 atom stereocenters. The summed E-state index contributed by atoms with van der Waals surface area (Å²) in [6.07, 6.45) is 0. The van der Waals surface area contributed by atoms with Gasteiger partial charge in [-0.2, -0.15) is 0 Å². The molecule has 0 saturated carbocycles. The molecule has 0 aromatic heterocycles. The number of benzene rings is 1. The summed E-state index contributed by atoms with van der Waals surface area (Å²) in [6, 6.07) is 4.34. The van der Waals surface area contributed by atoms with Crippen molar-refractivity contribution < 1.29 is 0 Å². The van der Waals surface area contributed by atoms with Gasteiger partial charge in [-0.1, -0.05) is 0 Å². The zero-order valence-electron chi connectivity index (χ0n) is 6.56. The fraction of sp³-hybridized carbons (Fsp3) is 0.333. The molecule has 1 heteroatoms. The molecule has 0 amide bonds. The van der Waals surface area contributed by atoms with Crippen LogP contribution < -0.4 is 4.46 Å². The number of hydrogen-bond donors (Lipinski definition) is 0. The Balaban J connectivity index is 3.31. The number of rotatable bonds is 0. The van der Waals surface area contributed by atoms with E-state index in [1.165, 1.54) is 21.2 Å². The van der Waals surface area contributed by atoms with E-state index in [4.69, 9.17) is 0 Å². The summed E-state index contributed by atoms with van der Waals surface area (Å²) in [7, 11) is 0. The van der Waals surface area contributed by atoms with Gasteiger partial charge in [-0.05, 0) is 0 Å². The van der Waals surface area contributed by atoms with Crippen molar-refractivity contribution in [3.05, 3.63) is 28.8 Å². The Bertz CT molecular complexity index is 228. The summed E-state index contributed by atoms with van der Waals surface area (Å²) in [5.74, 6) is 0. The maximum atomic E-state index is 3.01. The summed E-state index contributed by atoms with van der Waals surface area (Å²) >= 11 is 3.01. The Morgan fingerprint density at radius 3 is 1.80 bits per heavy atom. The monoisotopic (exact) mass is 199 g/mol. The van der Waals surface area contributed by atoms with Crippen LogP contribution in [0.3, 0.4) is 0 Å². The van der Waals surface area contributed by atoms with Crippen molar-refractivity contribution in [1.29, 1.82) is 0 Å². The molecule has 0 bridgehead atoms. The predicted octanol–water partition coefficient (Wildman–Crippen LogP) is 1.41. The molecular formula is C9H11Se. The molecule has 0 fully saturated rings. The van der Waals surface area contributed by atoms with E-state index in [2.05, 4.69) is 48.9 Å². The van der Waals surface area contributed by atoms with E-state index in [9.17, 15) is 0 Å². The van der Waals surface area contributed by atoms with Crippen LogP contribution in [0.1, 0.15) is 16.7 Å². The van der Waals surface area contributed by atoms with E-state index in [1.807, 2.05) is 0 Å². The fourth-order valence-electron chi connectivity index (χ4n) is 0.996. The van der Waals surface area contributed by atoms with Crippen molar-refractivity contribution in [2.75, 3.05) is 0 Å². The minimum atomic E-state index is 1.24. The summed E-state index contributed by atoms with van der Waals surface area (Å²) in [4.78, 5) is 0. The van der Waals surface area contributed by atoms with Crippen LogP contribution in [-0.2, 0) is 0 Å².